The van der Waals surface area contributed by atoms with E-state index in [0.717, 1.165) is 24.8 Å². The summed E-state index contributed by atoms with van der Waals surface area (Å²) in [7, 11) is 1.46. The Balaban J connectivity index is 3.03. The summed E-state index contributed by atoms with van der Waals surface area (Å²) in [4.78, 5) is 11.9. The molecule has 1 rings (SSSR count). The van der Waals surface area contributed by atoms with Crippen molar-refractivity contribution < 1.29 is 9.53 Å². The maximum Gasteiger partial charge on any atom is 0.313 e. The van der Waals surface area contributed by atoms with Crippen molar-refractivity contribution in [2.75, 3.05) is 7.11 Å². The van der Waals surface area contributed by atoms with Gasteiger partial charge in [-0.05, 0) is 37.0 Å². The lowest BCUT2D eigenvalue weighted by Gasteiger charge is -2.18. The third kappa shape index (κ3) is 3.32. The van der Waals surface area contributed by atoms with Gasteiger partial charge in [0.2, 0.25) is 0 Å². The Kier molecular flexibility index (Phi) is 5.20. The lowest BCUT2D eigenvalue weighted by Crippen LogP contribution is -2.15. The molecule has 0 amide bonds. The van der Waals surface area contributed by atoms with Crippen LogP contribution in [0.15, 0.2) is 18.2 Å². The number of hydrogen-bond acceptors (Lipinski definition) is 2. The Morgan fingerprint density at radius 2 is 2.06 bits per heavy atom. The summed E-state index contributed by atoms with van der Waals surface area (Å²) >= 11 is 0. The van der Waals surface area contributed by atoms with Crippen molar-refractivity contribution in [1.82, 2.24) is 0 Å². The van der Waals surface area contributed by atoms with Crippen molar-refractivity contribution in [3.63, 3.8) is 0 Å². The first-order chi connectivity index (χ1) is 8.11. The van der Waals surface area contributed by atoms with Gasteiger partial charge in [0.05, 0.1) is 13.0 Å². The van der Waals surface area contributed by atoms with Gasteiger partial charge in [-0.1, -0.05) is 38.0 Å². The third-order valence-corrected chi connectivity index (χ3v) is 3.35. The summed E-state index contributed by atoms with van der Waals surface area (Å²) < 4.78 is 4.92. The minimum Gasteiger partial charge on any atom is -0.469 e. The second-order valence-electron chi connectivity index (χ2n) is 4.51. The highest BCUT2D eigenvalue weighted by Crippen LogP contribution is 2.27. The van der Waals surface area contributed by atoms with E-state index in [4.69, 9.17) is 4.74 Å². The maximum absolute atomic E-state index is 11.9. The van der Waals surface area contributed by atoms with E-state index in [-0.39, 0.29) is 11.9 Å². The van der Waals surface area contributed by atoms with Crippen LogP contribution in [0.4, 0.5) is 0 Å². The molecule has 1 unspecified atom stereocenters. The highest BCUT2D eigenvalue weighted by atomic mass is 16.5. The Bertz CT molecular complexity index is 383. The Labute approximate surface area is 104 Å². The van der Waals surface area contributed by atoms with Crippen LogP contribution < -0.4 is 0 Å². The fourth-order valence-electron chi connectivity index (χ4n) is 2.10. The number of unbranched alkanes of at least 4 members (excludes halogenated alkanes) is 1. The van der Waals surface area contributed by atoms with Crippen LogP contribution in [0.5, 0.6) is 0 Å². The van der Waals surface area contributed by atoms with Crippen LogP contribution in [-0.2, 0) is 9.53 Å². The molecule has 0 aromatic heterocycles. The molecule has 0 radical (unpaired) electrons. The number of ether oxygens (including phenoxy) is 1. The lowest BCUT2D eigenvalue weighted by molar-refractivity contribution is -0.142. The Hall–Kier alpha value is -1.31. The predicted octanol–water partition coefficient (Wildman–Crippen LogP) is 3.75. The van der Waals surface area contributed by atoms with Crippen LogP contribution in [0, 0.1) is 13.8 Å². The van der Waals surface area contributed by atoms with E-state index in [1.54, 1.807) is 0 Å². The van der Waals surface area contributed by atoms with Gasteiger partial charge in [-0.2, -0.15) is 0 Å². The molecule has 2 heteroatoms. The van der Waals surface area contributed by atoms with Gasteiger partial charge in [0.1, 0.15) is 0 Å². The molecule has 94 valence electrons. The average molecular weight is 234 g/mol. The molecule has 0 heterocycles. The van der Waals surface area contributed by atoms with Gasteiger partial charge < -0.3 is 4.74 Å². The van der Waals surface area contributed by atoms with Gasteiger partial charge in [-0.3, -0.25) is 4.79 Å². The molecular weight excluding hydrogens is 212 g/mol. The molecule has 0 fully saturated rings. The van der Waals surface area contributed by atoms with E-state index in [1.807, 2.05) is 12.1 Å². The molecule has 1 atom stereocenters. The number of methoxy groups -OCH3 is 1. The topological polar surface area (TPSA) is 26.3 Å². The fourth-order valence-corrected chi connectivity index (χ4v) is 2.10. The molecule has 1 aromatic rings. The molecule has 0 aliphatic carbocycles. The first-order valence-corrected chi connectivity index (χ1v) is 6.25. The van der Waals surface area contributed by atoms with Crippen molar-refractivity contribution in [3.05, 3.63) is 34.9 Å². The molecular formula is C15H22O2. The van der Waals surface area contributed by atoms with Crippen molar-refractivity contribution >= 4 is 5.97 Å². The van der Waals surface area contributed by atoms with Gasteiger partial charge in [0, 0.05) is 0 Å². The molecule has 17 heavy (non-hydrogen) atoms. The molecule has 2 nitrogen and oxygen atoms in total. The fraction of sp³-hybridized carbons (Fsp3) is 0.533. The standard InChI is InChI=1S/C15H22O2/c1-5-6-9-14(15(16)17-4)13-10-7-8-11(2)12(13)3/h7-8,10,14H,5-6,9H2,1-4H3. The molecule has 0 N–H and O–H groups in total. The summed E-state index contributed by atoms with van der Waals surface area (Å²) in [5, 5.41) is 0. The minimum atomic E-state index is -0.118. The molecule has 0 aliphatic rings. The van der Waals surface area contributed by atoms with Gasteiger partial charge in [0.15, 0.2) is 0 Å². The lowest BCUT2D eigenvalue weighted by atomic mass is 9.89. The Morgan fingerprint density at radius 1 is 1.35 bits per heavy atom. The first kappa shape index (κ1) is 13.8. The number of carbonyl (C=O) groups excluding carboxylic acids is 1. The number of carbonyl (C=O) groups is 1. The van der Waals surface area contributed by atoms with Crippen LogP contribution in [0.1, 0.15) is 48.8 Å². The minimum absolute atomic E-state index is 0.111. The maximum atomic E-state index is 11.9. The van der Waals surface area contributed by atoms with Crippen LogP contribution in [0.3, 0.4) is 0 Å². The van der Waals surface area contributed by atoms with Crippen molar-refractivity contribution in [2.45, 2.75) is 46.0 Å². The number of esters is 1. The summed E-state index contributed by atoms with van der Waals surface area (Å²) in [6.45, 7) is 6.29. The zero-order valence-corrected chi connectivity index (χ0v) is 11.2. The molecule has 1 aromatic carbocycles. The van der Waals surface area contributed by atoms with Crippen molar-refractivity contribution in [3.8, 4) is 0 Å². The van der Waals surface area contributed by atoms with Crippen LogP contribution in [0.2, 0.25) is 0 Å². The van der Waals surface area contributed by atoms with Crippen LogP contribution >= 0.6 is 0 Å². The second kappa shape index (κ2) is 6.43. The normalized spacial score (nSPS) is 12.2. The van der Waals surface area contributed by atoms with Crippen molar-refractivity contribution in [1.29, 1.82) is 0 Å². The smallest absolute Gasteiger partial charge is 0.313 e. The number of aryl methyl sites for hydroxylation is 1. The van der Waals surface area contributed by atoms with E-state index in [0.29, 0.717) is 0 Å². The zero-order chi connectivity index (χ0) is 12.8. The van der Waals surface area contributed by atoms with Crippen LogP contribution in [-0.4, -0.2) is 13.1 Å². The van der Waals surface area contributed by atoms with Gasteiger partial charge in [-0.15, -0.1) is 0 Å². The Morgan fingerprint density at radius 3 is 2.65 bits per heavy atom. The van der Waals surface area contributed by atoms with E-state index in [9.17, 15) is 4.79 Å². The monoisotopic (exact) mass is 234 g/mol. The van der Waals surface area contributed by atoms with E-state index in [2.05, 4.69) is 26.8 Å². The first-order valence-electron chi connectivity index (χ1n) is 6.25. The highest BCUT2D eigenvalue weighted by Gasteiger charge is 2.22. The van der Waals surface area contributed by atoms with E-state index >= 15 is 0 Å². The molecule has 0 spiro atoms. The van der Waals surface area contributed by atoms with E-state index < -0.39 is 0 Å². The number of benzene rings is 1. The molecule has 0 bridgehead atoms. The second-order valence-corrected chi connectivity index (χ2v) is 4.51. The van der Waals surface area contributed by atoms with Gasteiger partial charge in [0.25, 0.3) is 0 Å². The zero-order valence-electron chi connectivity index (χ0n) is 11.2. The molecule has 0 saturated heterocycles. The predicted molar refractivity (Wildman–Crippen MR) is 70.2 cm³/mol. The summed E-state index contributed by atoms with van der Waals surface area (Å²) in [5.74, 6) is -0.230. The quantitative estimate of drug-likeness (QED) is 0.725. The van der Waals surface area contributed by atoms with Crippen molar-refractivity contribution in [2.24, 2.45) is 0 Å². The third-order valence-electron chi connectivity index (χ3n) is 3.35. The summed E-state index contributed by atoms with van der Waals surface area (Å²) in [6, 6.07) is 6.13. The largest absolute Gasteiger partial charge is 0.469 e. The van der Waals surface area contributed by atoms with E-state index in [1.165, 1.54) is 18.2 Å². The molecule has 0 aliphatic heterocycles. The SMILES string of the molecule is CCCCC(C(=O)OC)c1cccc(C)c1C. The average Bonchev–Trinajstić information content (AvgIpc) is 2.34. The molecule has 0 saturated carbocycles. The van der Waals surface area contributed by atoms with Crippen LogP contribution in [0.25, 0.3) is 0 Å². The van der Waals surface area contributed by atoms with Gasteiger partial charge in [-0.25, -0.2) is 0 Å². The summed E-state index contributed by atoms with van der Waals surface area (Å²) in [6.07, 6.45) is 3.01. The number of rotatable bonds is 5. The van der Waals surface area contributed by atoms with Gasteiger partial charge >= 0.3 is 5.97 Å². The summed E-state index contributed by atoms with van der Waals surface area (Å²) in [5.41, 5.74) is 3.55. The highest BCUT2D eigenvalue weighted by molar-refractivity contribution is 5.78. The number of hydrogen-bond donors (Lipinski definition) is 0.